The van der Waals surface area contributed by atoms with Gasteiger partial charge in [-0.2, -0.15) is 0 Å². The monoisotopic (exact) mass is 1670 g/mol. The number of halogens is 3. The first-order valence-corrected chi connectivity index (χ1v) is 49.6. The van der Waals surface area contributed by atoms with E-state index < -0.39 is 5.82 Å². The summed E-state index contributed by atoms with van der Waals surface area (Å²) < 4.78 is 63.5. The Morgan fingerprint density at radius 2 is 0.942 bits per heavy atom. The van der Waals surface area contributed by atoms with E-state index in [0.29, 0.717) is 80.4 Å². The van der Waals surface area contributed by atoms with Crippen LogP contribution in [-0.4, -0.2) is 64.4 Å². The Bertz CT molecular complexity index is 3700. The molecule has 0 atom stereocenters. The van der Waals surface area contributed by atoms with Crippen molar-refractivity contribution in [1.82, 2.24) is 0 Å². The molecule has 6 aliphatic rings. The molecule has 120 heavy (non-hydrogen) atoms. The molecule has 0 unspecified atom stereocenters. The molecule has 0 aliphatic heterocycles. The molecule has 7 nitrogen and oxygen atoms in total. The standard InChI is InChI=1S/C32H51ClO2.C27H34F2O3.C27H44O.C24H32O/c1-3-5-22-34-23-24-35-31-21-20-30(32(33)25-31)9-7-6-8-27-14-16-29(17-15-27)19-18-28-12-10-26(4-2)11-13-28;1-3-5-6-27(30)32-18-20-9-7-19(8-10-20)17-31-23-13-11-22(12-14-23)24-16-25(28)21(4-2)15-26(24)29;1-3-4-5-6-7-8-23-11-15-25(16-12-23)26-17-13-24(14-18-26)21-28-27-19-9-22(2)10-20-27;1-3-4-5-18-25-24-16-14-23(15-17-24)22-12-10-21(11-13-22)20-8-6-19(2)7-9-20/h18-21,25-29H,3-17,22-24H2,1-2H3;11-16,19-20H,3-10,17-18H2,1-2H3;11-12,15-16,22,24,26-27H,3-10,13-14,17-21H2,1-2H3;6-13,23-24H,3-5,14-18H2,1-2H3. The summed E-state index contributed by atoms with van der Waals surface area (Å²) in [5.41, 5.74) is 11.1. The molecule has 664 valence electrons. The van der Waals surface area contributed by atoms with Crippen LogP contribution in [0.2, 0.25) is 5.02 Å². The van der Waals surface area contributed by atoms with Crippen molar-refractivity contribution in [2.24, 2.45) is 47.3 Å². The van der Waals surface area contributed by atoms with Crippen molar-refractivity contribution in [2.75, 3.05) is 46.2 Å². The van der Waals surface area contributed by atoms with Crippen molar-refractivity contribution >= 4 is 17.6 Å². The lowest BCUT2D eigenvalue weighted by atomic mass is 9.77. The van der Waals surface area contributed by atoms with Crippen LogP contribution in [0.25, 0.3) is 22.3 Å². The van der Waals surface area contributed by atoms with Crippen molar-refractivity contribution in [3.05, 3.63) is 190 Å². The molecule has 6 aromatic carbocycles. The summed E-state index contributed by atoms with van der Waals surface area (Å²) in [4.78, 5) is 11.7. The highest BCUT2D eigenvalue weighted by Crippen LogP contribution is 2.41. The Hall–Kier alpha value is -5.84. The van der Waals surface area contributed by atoms with Crippen LogP contribution < -0.4 is 9.47 Å². The maximum absolute atomic E-state index is 14.4. The quantitative estimate of drug-likeness (QED) is 0.0215. The molecule has 0 heterocycles. The second-order valence-corrected chi connectivity index (χ2v) is 37.7. The fourth-order valence-corrected chi connectivity index (χ4v) is 19.4. The second kappa shape index (κ2) is 56.9. The number of hydrogen-bond acceptors (Lipinski definition) is 7. The van der Waals surface area contributed by atoms with Crippen molar-refractivity contribution < 1.29 is 42.0 Å². The van der Waals surface area contributed by atoms with Gasteiger partial charge < -0.3 is 28.4 Å². The molecule has 12 rings (SSSR count). The van der Waals surface area contributed by atoms with Crippen LogP contribution in [0.3, 0.4) is 0 Å². The van der Waals surface area contributed by atoms with Crippen molar-refractivity contribution in [3.63, 3.8) is 0 Å². The van der Waals surface area contributed by atoms with Gasteiger partial charge in [-0.05, 0) is 352 Å². The molecule has 0 radical (unpaired) electrons. The topological polar surface area (TPSA) is 72.5 Å². The van der Waals surface area contributed by atoms with E-state index >= 15 is 0 Å². The number of unbranched alkanes of at least 4 members (excludes halogenated alkanes) is 9. The van der Waals surface area contributed by atoms with Crippen LogP contribution in [0.15, 0.2) is 140 Å². The highest BCUT2D eigenvalue weighted by atomic mass is 35.5. The molecule has 0 bridgehead atoms. The number of aryl methyl sites for hydroxylation is 4. The highest BCUT2D eigenvalue weighted by molar-refractivity contribution is 6.31. The van der Waals surface area contributed by atoms with Crippen LogP contribution in [-0.2, 0) is 43.0 Å². The summed E-state index contributed by atoms with van der Waals surface area (Å²) in [5.74, 6) is 8.50. The zero-order chi connectivity index (χ0) is 84.7. The largest absolute Gasteiger partial charge is 0.493 e. The summed E-state index contributed by atoms with van der Waals surface area (Å²) in [6, 6.07) is 43.5. The van der Waals surface area contributed by atoms with E-state index in [0.717, 1.165) is 136 Å². The molecule has 6 aromatic rings. The number of esters is 1. The van der Waals surface area contributed by atoms with Crippen LogP contribution in [0.1, 0.15) is 357 Å². The van der Waals surface area contributed by atoms with Gasteiger partial charge in [0.2, 0.25) is 0 Å². The van der Waals surface area contributed by atoms with E-state index in [1.54, 1.807) is 24.6 Å². The van der Waals surface area contributed by atoms with Gasteiger partial charge in [0, 0.05) is 36.8 Å². The Kier molecular flexibility index (Phi) is 46.5. The van der Waals surface area contributed by atoms with Gasteiger partial charge in [0.25, 0.3) is 0 Å². The summed E-state index contributed by atoms with van der Waals surface area (Å²) >= 11 is 6.54. The van der Waals surface area contributed by atoms with Crippen molar-refractivity contribution in [1.29, 1.82) is 0 Å². The van der Waals surface area contributed by atoms with Gasteiger partial charge in [0.1, 0.15) is 29.7 Å². The molecule has 6 fully saturated rings. The van der Waals surface area contributed by atoms with Gasteiger partial charge in [-0.3, -0.25) is 4.79 Å². The highest BCUT2D eigenvalue weighted by Gasteiger charge is 2.29. The number of ether oxygens (including phenoxy) is 6. The van der Waals surface area contributed by atoms with E-state index in [1.807, 2.05) is 18.2 Å². The molecule has 0 amide bonds. The minimum atomic E-state index is -0.412. The maximum Gasteiger partial charge on any atom is 0.305 e. The molecular weight excluding hydrogens is 1510 g/mol. The molecule has 0 N–H and O–H groups in total. The van der Waals surface area contributed by atoms with Gasteiger partial charge in [-0.25, -0.2) is 8.78 Å². The van der Waals surface area contributed by atoms with Crippen molar-refractivity contribution in [2.45, 2.75) is 362 Å². The van der Waals surface area contributed by atoms with E-state index in [2.05, 4.69) is 146 Å². The van der Waals surface area contributed by atoms with E-state index in [9.17, 15) is 13.6 Å². The Labute approximate surface area is 733 Å². The van der Waals surface area contributed by atoms with Crippen LogP contribution in [0.5, 0.6) is 11.5 Å². The van der Waals surface area contributed by atoms with Crippen molar-refractivity contribution in [3.8, 4) is 33.8 Å². The van der Waals surface area contributed by atoms with Crippen LogP contribution in [0.4, 0.5) is 8.78 Å². The average Bonchev–Trinajstić information content (AvgIpc) is 0.785. The number of carbonyl (C=O) groups excluding carboxylic acids is 1. The first-order valence-electron chi connectivity index (χ1n) is 49.2. The van der Waals surface area contributed by atoms with Gasteiger partial charge >= 0.3 is 5.97 Å². The molecule has 0 aromatic heterocycles. The summed E-state index contributed by atoms with van der Waals surface area (Å²) in [5, 5.41) is 0.838. The van der Waals surface area contributed by atoms with E-state index in [4.69, 9.17) is 40.0 Å². The maximum atomic E-state index is 14.4. The smallest absolute Gasteiger partial charge is 0.305 e. The minimum Gasteiger partial charge on any atom is -0.493 e. The number of carbonyl (C=O) groups is 1. The lowest BCUT2D eigenvalue weighted by molar-refractivity contribution is -0.145. The summed E-state index contributed by atoms with van der Waals surface area (Å²) in [6.07, 6.45) is 61.0. The molecule has 10 heteroatoms. The molecular formula is C110H161ClF2O7. The first kappa shape index (κ1) is 98.0. The summed E-state index contributed by atoms with van der Waals surface area (Å²) in [6.45, 7) is 22.6. The predicted molar refractivity (Wildman–Crippen MR) is 501 cm³/mol. The van der Waals surface area contributed by atoms with E-state index in [1.165, 1.54) is 257 Å². The van der Waals surface area contributed by atoms with Gasteiger partial charge in [-0.1, -0.05) is 239 Å². The third kappa shape index (κ3) is 36.4. The molecule has 0 saturated heterocycles. The third-order valence-corrected chi connectivity index (χ3v) is 28.1. The number of benzene rings is 6. The number of hydrogen-bond donors (Lipinski definition) is 0. The first-order chi connectivity index (χ1) is 58.7. The second-order valence-electron chi connectivity index (χ2n) is 37.3. The predicted octanol–water partition coefficient (Wildman–Crippen LogP) is 31.9. The van der Waals surface area contributed by atoms with Gasteiger partial charge in [0.05, 0.1) is 32.0 Å². The van der Waals surface area contributed by atoms with Crippen LogP contribution >= 0.6 is 11.6 Å². The normalized spacial score (nSPS) is 23.2. The third-order valence-electron chi connectivity index (χ3n) is 27.8. The van der Waals surface area contributed by atoms with E-state index in [-0.39, 0.29) is 17.3 Å². The minimum absolute atomic E-state index is 0.0790. The molecule has 0 spiro atoms. The Balaban J connectivity index is 0.000000183. The zero-order valence-electron chi connectivity index (χ0n) is 76.3. The summed E-state index contributed by atoms with van der Waals surface area (Å²) in [7, 11) is 0. The molecule has 6 aliphatic carbocycles. The van der Waals surface area contributed by atoms with Crippen LogP contribution in [0, 0.1) is 65.9 Å². The lowest BCUT2D eigenvalue weighted by Crippen LogP contribution is -2.25. The number of allylic oxidation sites excluding steroid dienone is 2. The van der Waals surface area contributed by atoms with Gasteiger partial charge in [0.15, 0.2) is 0 Å². The lowest BCUT2D eigenvalue weighted by Gasteiger charge is -2.31. The number of rotatable bonds is 42. The Morgan fingerprint density at radius 1 is 0.417 bits per heavy atom. The zero-order valence-corrected chi connectivity index (χ0v) is 77.0. The van der Waals surface area contributed by atoms with Gasteiger partial charge in [-0.15, -0.1) is 0 Å². The fourth-order valence-electron chi connectivity index (χ4n) is 19.2. The Morgan fingerprint density at radius 3 is 1.56 bits per heavy atom. The average molecular weight is 1670 g/mol. The fraction of sp³-hybridized carbons (Fsp3) is 0.645. The SMILES string of the molecule is CCCCC(=O)OCC1CCC(COc2ccc(-c3cc(F)c(CC)cc3F)cc2)CC1.CCCCCCCc1ccc(C2CCC(COC3CCC(C)CC3)CC2)cc1.CCCCCOC1CCC(c2ccc(-c3ccc(C)cc3)cc2)CC1.CCCCOCCOc1ccc(CCCCC2CCC(C=CC3CCC(CC)CC3)CC2)c(Cl)c1. The molecule has 6 saturated carbocycles.